The van der Waals surface area contributed by atoms with Crippen molar-refractivity contribution in [3.63, 3.8) is 0 Å². The van der Waals surface area contributed by atoms with Gasteiger partial charge in [-0.05, 0) is 39.0 Å². The Hall–Kier alpha value is -0.570. The van der Waals surface area contributed by atoms with Crippen LogP contribution in [0.4, 0.5) is 0 Å². The van der Waals surface area contributed by atoms with Gasteiger partial charge in [-0.1, -0.05) is 6.92 Å². The standard InChI is InChI=1S/C12H23NO2/c1-8(12(14)15-4)7-9(2)13-10(3)11-5-6-11/h8-11,13H,5-7H2,1-4H3. The van der Waals surface area contributed by atoms with Crippen LogP contribution in [0.5, 0.6) is 0 Å². The van der Waals surface area contributed by atoms with Crippen LogP contribution in [0.15, 0.2) is 0 Å². The third kappa shape index (κ3) is 4.20. The highest BCUT2D eigenvalue weighted by atomic mass is 16.5. The molecule has 3 unspecified atom stereocenters. The molecule has 1 rings (SSSR count). The molecule has 3 atom stereocenters. The van der Waals surface area contributed by atoms with Crippen LogP contribution in [0.25, 0.3) is 0 Å². The van der Waals surface area contributed by atoms with E-state index in [9.17, 15) is 4.79 Å². The Morgan fingerprint density at radius 2 is 2.00 bits per heavy atom. The third-order valence-corrected chi connectivity index (χ3v) is 3.19. The highest BCUT2D eigenvalue weighted by molar-refractivity contribution is 5.71. The van der Waals surface area contributed by atoms with Gasteiger partial charge >= 0.3 is 5.97 Å². The number of rotatable bonds is 6. The van der Waals surface area contributed by atoms with Crippen molar-refractivity contribution in [2.75, 3.05) is 7.11 Å². The minimum atomic E-state index is -0.109. The lowest BCUT2D eigenvalue weighted by Gasteiger charge is -2.21. The molecule has 1 saturated carbocycles. The average molecular weight is 213 g/mol. The van der Waals surface area contributed by atoms with Crippen molar-refractivity contribution in [1.82, 2.24) is 5.32 Å². The number of carbonyl (C=O) groups excluding carboxylic acids is 1. The average Bonchev–Trinajstić information content (AvgIpc) is 2.99. The van der Waals surface area contributed by atoms with Gasteiger partial charge in [-0.3, -0.25) is 4.79 Å². The maximum absolute atomic E-state index is 11.2. The van der Waals surface area contributed by atoms with Gasteiger partial charge in [-0.25, -0.2) is 0 Å². The lowest BCUT2D eigenvalue weighted by Crippen LogP contribution is -2.37. The zero-order chi connectivity index (χ0) is 11.4. The van der Waals surface area contributed by atoms with Gasteiger partial charge in [-0.2, -0.15) is 0 Å². The van der Waals surface area contributed by atoms with Crippen molar-refractivity contribution < 1.29 is 9.53 Å². The third-order valence-electron chi connectivity index (χ3n) is 3.19. The Morgan fingerprint density at radius 1 is 1.40 bits per heavy atom. The van der Waals surface area contributed by atoms with Crippen molar-refractivity contribution in [2.45, 2.75) is 52.1 Å². The molecule has 1 fully saturated rings. The van der Waals surface area contributed by atoms with Gasteiger partial charge in [0.25, 0.3) is 0 Å². The number of hydrogen-bond acceptors (Lipinski definition) is 3. The molecular formula is C12H23NO2. The minimum Gasteiger partial charge on any atom is -0.469 e. The molecule has 1 N–H and O–H groups in total. The summed E-state index contributed by atoms with van der Waals surface area (Å²) in [5, 5.41) is 3.54. The zero-order valence-electron chi connectivity index (χ0n) is 10.2. The Kier molecular flexibility index (Phi) is 4.58. The van der Waals surface area contributed by atoms with E-state index in [1.165, 1.54) is 20.0 Å². The van der Waals surface area contributed by atoms with Crippen molar-refractivity contribution in [1.29, 1.82) is 0 Å². The molecule has 1 aliphatic carbocycles. The van der Waals surface area contributed by atoms with Gasteiger partial charge in [0.2, 0.25) is 0 Å². The fourth-order valence-electron chi connectivity index (χ4n) is 2.08. The van der Waals surface area contributed by atoms with Gasteiger partial charge in [0.05, 0.1) is 13.0 Å². The van der Waals surface area contributed by atoms with Crippen molar-refractivity contribution in [3.05, 3.63) is 0 Å². The first kappa shape index (κ1) is 12.5. The van der Waals surface area contributed by atoms with E-state index >= 15 is 0 Å². The molecule has 0 aromatic heterocycles. The van der Waals surface area contributed by atoms with Crippen molar-refractivity contribution >= 4 is 5.97 Å². The predicted molar refractivity (Wildman–Crippen MR) is 60.6 cm³/mol. The highest BCUT2D eigenvalue weighted by Crippen LogP contribution is 2.32. The fraction of sp³-hybridized carbons (Fsp3) is 0.917. The Bertz CT molecular complexity index is 214. The largest absolute Gasteiger partial charge is 0.469 e. The molecule has 3 heteroatoms. The summed E-state index contributed by atoms with van der Waals surface area (Å²) in [6, 6.07) is 0.972. The summed E-state index contributed by atoms with van der Waals surface area (Å²) in [5.74, 6) is 0.743. The molecule has 0 saturated heterocycles. The minimum absolute atomic E-state index is 0.0103. The Labute approximate surface area is 92.6 Å². The summed E-state index contributed by atoms with van der Waals surface area (Å²) in [7, 11) is 1.45. The van der Waals surface area contributed by atoms with E-state index in [1.807, 2.05) is 6.92 Å². The summed E-state index contributed by atoms with van der Waals surface area (Å²) >= 11 is 0. The Balaban J connectivity index is 2.21. The lowest BCUT2D eigenvalue weighted by atomic mass is 10.0. The van der Waals surface area contributed by atoms with Crippen LogP contribution in [-0.4, -0.2) is 25.2 Å². The molecule has 88 valence electrons. The van der Waals surface area contributed by atoms with Gasteiger partial charge in [0, 0.05) is 12.1 Å². The van der Waals surface area contributed by atoms with Crippen LogP contribution < -0.4 is 5.32 Å². The van der Waals surface area contributed by atoms with E-state index in [-0.39, 0.29) is 11.9 Å². The van der Waals surface area contributed by atoms with E-state index in [4.69, 9.17) is 4.74 Å². The number of ether oxygens (including phenoxy) is 1. The fourth-order valence-corrected chi connectivity index (χ4v) is 2.08. The monoisotopic (exact) mass is 213 g/mol. The second kappa shape index (κ2) is 5.50. The van der Waals surface area contributed by atoms with Crippen LogP contribution in [0, 0.1) is 11.8 Å². The summed E-state index contributed by atoms with van der Waals surface area (Å²) < 4.78 is 4.71. The lowest BCUT2D eigenvalue weighted by molar-refractivity contribution is -0.145. The SMILES string of the molecule is COC(=O)C(C)CC(C)NC(C)C1CC1. The summed E-state index contributed by atoms with van der Waals surface area (Å²) in [5.41, 5.74) is 0. The van der Waals surface area contributed by atoms with Gasteiger partial charge in [0.15, 0.2) is 0 Å². The maximum atomic E-state index is 11.2. The molecule has 0 bridgehead atoms. The molecule has 0 radical (unpaired) electrons. The van der Waals surface area contributed by atoms with Gasteiger partial charge in [-0.15, -0.1) is 0 Å². The van der Waals surface area contributed by atoms with E-state index in [0.29, 0.717) is 12.1 Å². The summed E-state index contributed by atoms with van der Waals surface area (Å²) in [4.78, 5) is 11.2. The maximum Gasteiger partial charge on any atom is 0.308 e. The summed E-state index contributed by atoms with van der Waals surface area (Å²) in [6.07, 6.45) is 3.56. The van der Waals surface area contributed by atoms with Crippen LogP contribution in [0.2, 0.25) is 0 Å². The first-order chi connectivity index (χ1) is 7.04. The number of esters is 1. The van der Waals surface area contributed by atoms with Gasteiger partial charge in [0.1, 0.15) is 0 Å². The highest BCUT2D eigenvalue weighted by Gasteiger charge is 2.29. The first-order valence-corrected chi connectivity index (χ1v) is 5.88. The molecule has 15 heavy (non-hydrogen) atoms. The normalized spacial score (nSPS) is 21.9. The van der Waals surface area contributed by atoms with Crippen molar-refractivity contribution in [2.24, 2.45) is 11.8 Å². The van der Waals surface area contributed by atoms with E-state index < -0.39 is 0 Å². The predicted octanol–water partition coefficient (Wildman–Crippen LogP) is 1.96. The molecule has 0 aromatic rings. The zero-order valence-corrected chi connectivity index (χ0v) is 10.2. The molecular weight excluding hydrogens is 190 g/mol. The van der Waals surface area contributed by atoms with E-state index in [1.54, 1.807) is 0 Å². The molecule has 0 aliphatic heterocycles. The van der Waals surface area contributed by atoms with Crippen LogP contribution in [0.3, 0.4) is 0 Å². The molecule has 3 nitrogen and oxygen atoms in total. The number of carbonyl (C=O) groups is 1. The molecule has 0 amide bonds. The van der Waals surface area contributed by atoms with E-state index in [0.717, 1.165) is 12.3 Å². The topological polar surface area (TPSA) is 38.3 Å². The van der Waals surface area contributed by atoms with Gasteiger partial charge < -0.3 is 10.1 Å². The summed E-state index contributed by atoms with van der Waals surface area (Å²) in [6.45, 7) is 6.29. The first-order valence-electron chi connectivity index (χ1n) is 5.88. The molecule has 0 spiro atoms. The van der Waals surface area contributed by atoms with Crippen LogP contribution >= 0.6 is 0 Å². The second-order valence-corrected chi connectivity index (χ2v) is 4.85. The number of methoxy groups -OCH3 is 1. The second-order valence-electron chi connectivity index (χ2n) is 4.85. The smallest absolute Gasteiger partial charge is 0.308 e. The molecule has 0 aromatic carbocycles. The van der Waals surface area contributed by atoms with E-state index in [2.05, 4.69) is 19.2 Å². The number of hydrogen-bond donors (Lipinski definition) is 1. The van der Waals surface area contributed by atoms with Crippen molar-refractivity contribution in [3.8, 4) is 0 Å². The number of nitrogens with one attached hydrogen (secondary N) is 1. The van der Waals surface area contributed by atoms with Crippen LogP contribution in [-0.2, 0) is 9.53 Å². The molecule has 0 heterocycles. The molecule has 1 aliphatic rings. The Morgan fingerprint density at radius 3 is 2.47 bits per heavy atom. The van der Waals surface area contributed by atoms with Crippen LogP contribution in [0.1, 0.15) is 40.0 Å². The quantitative estimate of drug-likeness (QED) is 0.685.